The molecule has 1 aromatic heterocycles. The lowest BCUT2D eigenvalue weighted by Gasteiger charge is -2.14. The van der Waals surface area contributed by atoms with E-state index in [4.69, 9.17) is 39.5 Å². The Kier molecular flexibility index (Phi) is 5.82. The molecular weight excluding hydrogens is 363 g/mol. The number of amides is 1. The third-order valence-electron chi connectivity index (χ3n) is 2.76. The number of esters is 1. The summed E-state index contributed by atoms with van der Waals surface area (Å²) in [6.07, 6.45) is 0.293. The van der Waals surface area contributed by atoms with Gasteiger partial charge in [0.05, 0.1) is 15.6 Å². The molecule has 0 radical (unpaired) electrons. The monoisotopic (exact) mass is 372 g/mol. The number of nitrogens with one attached hydrogen (secondary N) is 1. The van der Waals surface area contributed by atoms with E-state index in [1.807, 2.05) is 0 Å². The molecule has 5 nitrogen and oxygen atoms in total. The summed E-state index contributed by atoms with van der Waals surface area (Å²) < 4.78 is 5.08. The summed E-state index contributed by atoms with van der Waals surface area (Å²) in [4.78, 5) is 27.9. The highest BCUT2D eigenvalue weighted by atomic mass is 35.5. The van der Waals surface area contributed by atoms with Gasteiger partial charge in [-0.1, -0.05) is 40.9 Å². The van der Waals surface area contributed by atoms with Gasteiger partial charge in [-0.15, -0.1) is 0 Å². The van der Waals surface area contributed by atoms with E-state index >= 15 is 0 Å². The van der Waals surface area contributed by atoms with Gasteiger partial charge < -0.3 is 10.1 Å². The van der Waals surface area contributed by atoms with Crippen LogP contribution in [-0.2, 0) is 9.53 Å². The molecule has 0 bridgehead atoms. The van der Waals surface area contributed by atoms with Crippen LogP contribution in [0, 0.1) is 0 Å². The van der Waals surface area contributed by atoms with Crippen LogP contribution in [0.1, 0.15) is 17.3 Å². The summed E-state index contributed by atoms with van der Waals surface area (Å²) in [7, 11) is 0. The number of hydrogen-bond donors (Lipinski definition) is 1. The molecule has 1 heterocycles. The summed E-state index contributed by atoms with van der Waals surface area (Å²) >= 11 is 17.4. The Labute approximate surface area is 147 Å². The van der Waals surface area contributed by atoms with Crippen LogP contribution in [0.3, 0.4) is 0 Å². The highest BCUT2D eigenvalue weighted by Crippen LogP contribution is 2.22. The number of carbonyl (C=O) groups is 2. The third kappa shape index (κ3) is 4.82. The fourth-order valence-corrected chi connectivity index (χ4v) is 2.24. The van der Waals surface area contributed by atoms with Crippen LogP contribution in [0.2, 0.25) is 15.1 Å². The van der Waals surface area contributed by atoms with Gasteiger partial charge in [-0.3, -0.25) is 4.79 Å². The number of anilines is 1. The van der Waals surface area contributed by atoms with Gasteiger partial charge in [0.25, 0.3) is 5.91 Å². The van der Waals surface area contributed by atoms with Crippen LogP contribution < -0.4 is 5.32 Å². The molecule has 1 aromatic carbocycles. The lowest BCUT2D eigenvalue weighted by molar-refractivity contribution is -0.123. The van der Waals surface area contributed by atoms with Crippen LogP contribution >= 0.6 is 34.8 Å². The van der Waals surface area contributed by atoms with Crippen molar-refractivity contribution in [2.24, 2.45) is 0 Å². The van der Waals surface area contributed by atoms with Gasteiger partial charge in [0.1, 0.15) is 0 Å². The van der Waals surface area contributed by atoms with E-state index in [1.165, 1.54) is 31.3 Å². The second-order valence-corrected chi connectivity index (χ2v) is 5.81. The second kappa shape index (κ2) is 7.64. The number of pyridine rings is 1. The topological polar surface area (TPSA) is 68.3 Å². The summed E-state index contributed by atoms with van der Waals surface area (Å²) in [5.74, 6) is -1.10. The zero-order valence-electron chi connectivity index (χ0n) is 11.8. The molecule has 23 heavy (non-hydrogen) atoms. The van der Waals surface area contributed by atoms with Crippen LogP contribution in [0.25, 0.3) is 0 Å². The Balaban J connectivity index is 2.01. The van der Waals surface area contributed by atoms with E-state index < -0.39 is 18.0 Å². The number of nitrogens with zero attached hydrogens (tertiary/aromatic N) is 1. The zero-order valence-corrected chi connectivity index (χ0v) is 14.1. The Morgan fingerprint density at radius 2 is 1.91 bits per heavy atom. The molecule has 2 aromatic rings. The van der Waals surface area contributed by atoms with E-state index in [0.29, 0.717) is 10.0 Å². The molecule has 0 aliphatic rings. The van der Waals surface area contributed by atoms with Crippen molar-refractivity contribution in [2.75, 3.05) is 5.32 Å². The van der Waals surface area contributed by atoms with E-state index in [9.17, 15) is 9.59 Å². The average molecular weight is 374 g/mol. The molecule has 0 saturated heterocycles. The molecular formula is C15H11Cl3N2O3. The van der Waals surface area contributed by atoms with Crippen LogP contribution in [-0.4, -0.2) is 23.0 Å². The van der Waals surface area contributed by atoms with Gasteiger partial charge in [0.15, 0.2) is 11.9 Å². The highest BCUT2D eigenvalue weighted by molar-refractivity contribution is 6.36. The smallest absolute Gasteiger partial charge is 0.338 e. The van der Waals surface area contributed by atoms with Crippen molar-refractivity contribution in [1.82, 2.24) is 4.98 Å². The van der Waals surface area contributed by atoms with E-state index in [0.717, 1.165) is 0 Å². The minimum atomic E-state index is -1.05. The summed E-state index contributed by atoms with van der Waals surface area (Å²) in [5, 5.41) is 3.38. The van der Waals surface area contributed by atoms with Gasteiger partial charge >= 0.3 is 5.97 Å². The molecule has 120 valence electrons. The molecule has 0 spiro atoms. The minimum absolute atomic E-state index is 0.131. The maximum atomic E-state index is 12.0. The molecule has 1 N–H and O–H groups in total. The maximum absolute atomic E-state index is 12.0. The second-order valence-electron chi connectivity index (χ2n) is 4.53. The lowest BCUT2D eigenvalue weighted by Crippen LogP contribution is -2.30. The van der Waals surface area contributed by atoms with Crippen molar-refractivity contribution in [2.45, 2.75) is 13.0 Å². The van der Waals surface area contributed by atoms with Crippen LogP contribution in [0.4, 0.5) is 5.82 Å². The standard InChI is InChI=1S/C15H11Cl3N2O3/c1-8(23-15(22)9-3-2-4-10(16)5-9)14(21)20-13-12(18)6-11(17)7-19-13/h2-8H,1H3,(H,19,20,21)/t8-/m1/s1. The maximum Gasteiger partial charge on any atom is 0.338 e. The molecule has 1 atom stereocenters. The minimum Gasteiger partial charge on any atom is -0.449 e. The first-order valence-electron chi connectivity index (χ1n) is 6.45. The average Bonchev–Trinajstić information content (AvgIpc) is 2.49. The number of hydrogen-bond acceptors (Lipinski definition) is 4. The van der Waals surface area contributed by atoms with Gasteiger partial charge in [0, 0.05) is 11.2 Å². The number of ether oxygens (including phenoxy) is 1. The molecule has 0 saturated carbocycles. The third-order valence-corrected chi connectivity index (χ3v) is 3.49. The molecule has 2 rings (SSSR count). The fourth-order valence-electron chi connectivity index (χ4n) is 1.62. The van der Waals surface area contributed by atoms with E-state index in [1.54, 1.807) is 12.1 Å². The van der Waals surface area contributed by atoms with Gasteiger partial charge in [-0.25, -0.2) is 9.78 Å². The van der Waals surface area contributed by atoms with Gasteiger partial charge in [-0.2, -0.15) is 0 Å². The Morgan fingerprint density at radius 1 is 1.17 bits per heavy atom. The Morgan fingerprint density at radius 3 is 2.57 bits per heavy atom. The Hall–Kier alpha value is -1.82. The lowest BCUT2D eigenvalue weighted by atomic mass is 10.2. The van der Waals surface area contributed by atoms with Gasteiger partial charge in [0.2, 0.25) is 0 Å². The quantitative estimate of drug-likeness (QED) is 0.815. The first kappa shape index (κ1) is 17.5. The number of benzene rings is 1. The summed E-state index contributed by atoms with van der Waals surface area (Å²) in [5.41, 5.74) is 0.250. The van der Waals surface area contributed by atoms with Crippen LogP contribution in [0.15, 0.2) is 36.5 Å². The molecule has 1 amide bonds. The Bertz CT molecular complexity index is 752. The number of rotatable bonds is 4. The van der Waals surface area contributed by atoms with Crippen molar-refractivity contribution >= 4 is 52.5 Å². The van der Waals surface area contributed by atoms with Crippen molar-refractivity contribution < 1.29 is 14.3 Å². The first-order chi connectivity index (χ1) is 10.9. The first-order valence-corrected chi connectivity index (χ1v) is 7.58. The zero-order chi connectivity index (χ0) is 17.0. The predicted octanol–water partition coefficient (Wildman–Crippen LogP) is 4.23. The normalized spacial score (nSPS) is 11.7. The summed E-state index contributed by atoms with van der Waals surface area (Å²) in [6, 6.07) is 7.67. The molecule has 0 unspecified atom stereocenters. The fraction of sp³-hybridized carbons (Fsp3) is 0.133. The largest absolute Gasteiger partial charge is 0.449 e. The number of halogens is 3. The number of carbonyl (C=O) groups excluding carboxylic acids is 2. The predicted molar refractivity (Wildman–Crippen MR) is 89.2 cm³/mol. The van der Waals surface area contributed by atoms with Crippen molar-refractivity contribution in [1.29, 1.82) is 0 Å². The molecule has 8 heteroatoms. The SMILES string of the molecule is C[C@@H](OC(=O)c1cccc(Cl)c1)C(=O)Nc1ncc(Cl)cc1Cl. The molecule has 0 fully saturated rings. The van der Waals surface area contributed by atoms with Crippen molar-refractivity contribution in [3.8, 4) is 0 Å². The molecule has 0 aliphatic carbocycles. The van der Waals surface area contributed by atoms with Crippen molar-refractivity contribution in [3.63, 3.8) is 0 Å². The summed E-state index contributed by atoms with van der Waals surface area (Å²) in [6.45, 7) is 1.43. The van der Waals surface area contributed by atoms with Crippen molar-refractivity contribution in [3.05, 3.63) is 57.2 Å². The van der Waals surface area contributed by atoms with E-state index in [-0.39, 0.29) is 16.4 Å². The van der Waals surface area contributed by atoms with Gasteiger partial charge in [-0.05, 0) is 31.2 Å². The molecule has 0 aliphatic heterocycles. The van der Waals surface area contributed by atoms with Crippen LogP contribution in [0.5, 0.6) is 0 Å². The van der Waals surface area contributed by atoms with E-state index in [2.05, 4.69) is 10.3 Å². The highest BCUT2D eigenvalue weighted by Gasteiger charge is 2.20. The number of aromatic nitrogens is 1.